The molecule has 2 rings (SSSR count). The van der Waals surface area contributed by atoms with Gasteiger partial charge >= 0.3 is 0 Å². The predicted molar refractivity (Wildman–Crippen MR) is 65.9 cm³/mol. The van der Waals surface area contributed by atoms with Crippen LogP contribution in [0.1, 0.15) is 18.1 Å². The average molecular weight is 243 g/mol. The van der Waals surface area contributed by atoms with Crippen molar-refractivity contribution < 1.29 is 8.78 Å². The third-order valence-electron chi connectivity index (χ3n) is 2.82. The highest BCUT2D eigenvalue weighted by Crippen LogP contribution is 2.27. The molecule has 0 aliphatic heterocycles. The van der Waals surface area contributed by atoms with Gasteiger partial charge in [-0.15, -0.1) is 0 Å². The molecule has 2 aromatic rings. The third-order valence-corrected chi connectivity index (χ3v) is 2.82. The van der Waals surface area contributed by atoms with Gasteiger partial charge in [-0.2, -0.15) is 5.26 Å². The Bertz CT molecular complexity index is 586. The Labute approximate surface area is 104 Å². The lowest BCUT2D eigenvalue weighted by atomic mass is 10.0. The molecule has 0 bridgehead atoms. The lowest BCUT2D eigenvalue weighted by Gasteiger charge is -2.06. The largest absolute Gasteiger partial charge is 0.206 e. The fourth-order valence-electron chi connectivity index (χ4n) is 1.82. The van der Waals surface area contributed by atoms with Crippen molar-refractivity contribution in [2.75, 3.05) is 0 Å². The average Bonchev–Trinajstić information content (AvgIpc) is 2.38. The SMILES string of the molecule is CCc1ccc(-c2c(F)cc(C#N)cc2F)cc1. The summed E-state index contributed by atoms with van der Waals surface area (Å²) >= 11 is 0. The van der Waals surface area contributed by atoms with E-state index in [-0.39, 0.29) is 11.1 Å². The quantitative estimate of drug-likeness (QED) is 0.780. The van der Waals surface area contributed by atoms with Gasteiger partial charge in [0.25, 0.3) is 0 Å². The number of rotatable bonds is 2. The molecule has 3 heteroatoms. The Balaban J connectivity index is 2.53. The maximum atomic E-state index is 13.8. The van der Waals surface area contributed by atoms with Gasteiger partial charge in [-0.05, 0) is 29.7 Å². The molecule has 0 aromatic heterocycles. The van der Waals surface area contributed by atoms with Crippen molar-refractivity contribution in [1.29, 1.82) is 5.26 Å². The Morgan fingerprint density at radius 1 is 1.06 bits per heavy atom. The van der Waals surface area contributed by atoms with E-state index in [0.29, 0.717) is 5.56 Å². The first-order chi connectivity index (χ1) is 8.65. The van der Waals surface area contributed by atoms with Gasteiger partial charge in [0, 0.05) is 0 Å². The van der Waals surface area contributed by atoms with E-state index in [1.54, 1.807) is 18.2 Å². The van der Waals surface area contributed by atoms with Crippen LogP contribution in [0.3, 0.4) is 0 Å². The van der Waals surface area contributed by atoms with E-state index in [0.717, 1.165) is 24.1 Å². The second-order valence-corrected chi connectivity index (χ2v) is 3.98. The summed E-state index contributed by atoms with van der Waals surface area (Å²) in [7, 11) is 0. The number of halogens is 2. The van der Waals surface area contributed by atoms with E-state index < -0.39 is 11.6 Å². The summed E-state index contributed by atoms with van der Waals surface area (Å²) < 4.78 is 27.5. The van der Waals surface area contributed by atoms with Crippen molar-refractivity contribution in [3.05, 3.63) is 59.2 Å². The number of hydrogen-bond donors (Lipinski definition) is 0. The minimum atomic E-state index is -0.712. The van der Waals surface area contributed by atoms with Crippen LogP contribution in [0.5, 0.6) is 0 Å². The van der Waals surface area contributed by atoms with Crippen molar-refractivity contribution in [3.8, 4) is 17.2 Å². The van der Waals surface area contributed by atoms with E-state index in [2.05, 4.69) is 0 Å². The second-order valence-electron chi connectivity index (χ2n) is 3.98. The fourth-order valence-corrected chi connectivity index (χ4v) is 1.82. The van der Waals surface area contributed by atoms with Crippen LogP contribution in [0.15, 0.2) is 36.4 Å². The molecule has 0 spiro atoms. The molecular formula is C15H11F2N. The maximum Gasteiger partial charge on any atom is 0.135 e. The molecule has 0 aliphatic rings. The van der Waals surface area contributed by atoms with Crippen LogP contribution in [-0.2, 0) is 6.42 Å². The number of hydrogen-bond acceptors (Lipinski definition) is 1. The predicted octanol–water partition coefficient (Wildman–Crippen LogP) is 4.07. The number of nitriles is 1. The Morgan fingerprint density at radius 2 is 1.61 bits per heavy atom. The van der Waals surface area contributed by atoms with Gasteiger partial charge in [-0.3, -0.25) is 0 Å². The first-order valence-corrected chi connectivity index (χ1v) is 5.64. The Kier molecular flexibility index (Phi) is 3.38. The number of aryl methyl sites for hydroxylation is 1. The van der Waals surface area contributed by atoms with Gasteiger partial charge in [-0.1, -0.05) is 31.2 Å². The summed E-state index contributed by atoms with van der Waals surface area (Å²) in [6.07, 6.45) is 0.874. The molecule has 0 atom stereocenters. The van der Waals surface area contributed by atoms with E-state index in [1.807, 2.05) is 19.1 Å². The van der Waals surface area contributed by atoms with Gasteiger partial charge in [0.2, 0.25) is 0 Å². The summed E-state index contributed by atoms with van der Waals surface area (Å²) in [5.74, 6) is -1.42. The van der Waals surface area contributed by atoms with Gasteiger partial charge in [0.05, 0.1) is 17.2 Å². The maximum absolute atomic E-state index is 13.8. The smallest absolute Gasteiger partial charge is 0.135 e. The highest BCUT2D eigenvalue weighted by molar-refractivity contribution is 5.66. The molecule has 0 amide bonds. The van der Waals surface area contributed by atoms with E-state index in [4.69, 9.17) is 5.26 Å². The molecule has 0 N–H and O–H groups in total. The van der Waals surface area contributed by atoms with Gasteiger partial charge in [-0.25, -0.2) is 8.78 Å². The summed E-state index contributed by atoms with van der Waals surface area (Å²) in [5, 5.41) is 8.63. The number of benzene rings is 2. The molecule has 0 unspecified atom stereocenters. The molecule has 90 valence electrons. The molecular weight excluding hydrogens is 232 g/mol. The summed E-state index contributed by atoms with van der Waals surface area (Å²) in [5.41, 5.74) is 1.48. The van der Waals surface area contributed by atoms with E-state index >= 15 is 0 Å². The van der Waals surface area contributed by atoms with Crippen LogP contribution >= 0.6 is 0 Å². The molecule has 0 heterocycles. The highest BCUT2D eigenvalue weighted by atomic mass is 19.1. The van der Waals surface area contributed by atoms with Crippen molar-refractivity contribution >= 4 is 0 Å². The minimum absolute atomic E-state index is 0.0149. The molecule has 1 nitrogen and oxygen atoms in total. The van der Waals surface area contributed by atoms with Crippen LogP contribution in [0.25, 0.3) is 11.1 Å². The highest BCUT2D eigenvalue weighted by Gasteiger charge is 2.13. The first-order valence-electron chi connectivity index (χ1n) is 5.64. The van der Waals surface area contributed by atoms with Crippen LogP contribution < -0.4 is 0 Å². The third kappa shape index (κ3) is 2.23. The monoisotopic (exact) mass is 243 g/mol. The minimum Gasteiger partial charge on any atom is -0.206 e. The summed E-state index contributed by atoms with van der Waals surface area (Å²) in [4.78, 5) is 0. The topological polar surface area (TPSA) is 23.8 Å². The molecule has 18 heavy (non-hydrogen) atoms. The van der Waals surface area contributed by atoms with E-state index in [1.165, 1.54) is 0 Å². The number of nitrogens with zero attached hydrogens (tertiary/aromatic N) is 1. The van der Waals surface area contributed by atoms with Crippen LogP contribution in [0.2, 0.25) is 0 Å². The van der Waals surface area contributed by atoms with Crippen LogP contribution in [0.4, 0.5) is 8.78 Å². The zero-order valence-electron chi connectivity index (χ0n) is 9.87. The van der Waals surface area contributed by atoms with Crippen molar-refractivity contribution in [2.45, 2.75) is 13.3 Å². The van der Waals surface area contributed by atoms with Crippen LogP contribution in [0, 0.1) is 23.0 Å². The van der Waals surface area contributed by atoms with Gasteiger partial charge < -0.3 is 0 Å². The normalized spacial score (nSPS) is 10.1. The standard InChI is InChI=1S/C15H11F2N/c1-2-10-3-5-12(6-4-10)15-13(16)7-11(9-18)8-14(15)17/h3-8H,2H2,1H3. The zero-order chi connectivity index (χ0) is 13.1. The Morgan fingerprint density at radius 3 is 2.06 bits per heavy atom. The van der Waals surface area contributed by atoms with Crippen molar-refractivity contribution in [2.24, 2.45) is 0 Å². The van der Waals surface area contributed by atoms with Gasteiger partial charge in [0.15, 0.2) is 0 Å². The molecule has 0 fully saturated rings. The molecule has 2 aromatic carbocycles. The molecule has 0 aliphatic carbocycles. The lowest BCUT2D eigenvalue weighted by molar-refractivity contribution is 0.589. The summed E-state index contributed by atoms with van der Waals surface area (Å²) in [6.45, 7) is 2.01. The second kappa shape index (κ2) is 4.97. The van der Waals surface area contributed by atoms with Crippen molar-refractivity contribution in [3.63, 3.8) is 0 Å². The lowest BCUT2D eigenvalue weighted by Crippen LogP contribution is -1.92. The van der Waals surface area contributed by atoms with Gasteiger partial charge in [0.1, 0.15) is 11.6 Å². The summed E-state index contributed by atoms with van der Waals surface area (Å²) in [6, 6.07) is 10.9. The van der Waals surface area contributed by atoms with Crippen molar-refractivity contribution in [1.82, 2.24) is 0 Å². The van der Waals surface area contributed by atoms with Crippen LogP contribution in [-0.4, -0.2) is 0 Å². The fraction of sp³-hybridized carbons (Fsp3) is 0.133. The molecule has 0 saturated heterocycles. The molecule has 0 saturated carbocycles. The first kappa shape index (κ1) is 12.3. The Hall–Kier alpha value is -2.21. The molecule has 0 radical (unpaired) electrons. The zero-order valence-corrected chi connectivity index (χ0v) is 9.87. The van der Waals surface area contributed by atoms with E-state index in [9.17, 15) is 8.78 Å².